The van der Waals surface area contributed by atoms with Crippen LogP contribution >= 0.6 is 11.3 Å². The molecule has 0 saturated heterocycles. The molecule has 0 bridgehead atoms. The van der Waals surface area contributed by atoms with E-state index in [2.05, 4.69) is 27.0 Å². The normalized spacial score (nSPS) is 11.9. The number of H-pyrrole nitrogens is 1. The minimum atomic E-state index is -0.0904. The van der Waals surface area contributed by atoms with Crippen LogP contribution in [0.3, 0.4) is 0 Å². The molecule has 98 valence electrons. The molecule has 3 N–H and O–H groups in total. The second-order valence-electron chi connectivity index (χ2n) is 5.17. The summed E-state index contributed by atoms with van der Waals surface area (Å²) in [7, 11) is 0. The van der Waals surface area contributed by atoms with Crippen LogP contribution in [0, 0.1) is 5.41 Å². The number of aliphatic hydroxyl groups excluding tert-OH is 1. The average molecular weight is 265 g/mol. The van der Waals surface area contributed by atoms with Crippen molar-refractivity contribution in [2.75, 3.05) is 13.2 Å². The first-order chi connectivity index (χ1) is 8.62. The lowest BCUT2D eigenvalue weighted by atomic mass is 9.95. The van der Waals surface area contributed by atoms with Crippen LogP contribution in [-0.4, -0.2) is 28.5 Å². The van der Waals surface area contributed by atoms with Crippen molar-refractivity contribution in [1.82, 2.24) is 15.5 Å². The highest BCUT2D eigenvalue weighted by Gasteiger charge is 2.16. The number of hydrogen-bond donors (Lipinski definition) is 3. The number of nitrogens with one attached hydrogen (secondary N) is 2. The van der Waals surface area contributed by atoms with Gasteiger partial charge in [-0.25, -0.2) is 0 Å². The molecule has 0 aliphatic rings. The van der Waals surface area contributed by atoms with Crippen molar-refractivity contribution in [3.8, 4) is 10.6 Å². The van der Waals surface area contributed by atoms with Gasteiger partial charge in [-0.15, -0.1) is 11.3 Å². The van der Waals surface area contributed by atoms with Gasteiger partial charge in [0.1, 0.15) is 0 Å². The summed E-state index contributed by atoms with van der Waals surface area (Å²) in [5.41, 5.74) is 2.15. The van der Waals surface area contributed by atoms with Crippen LogP contribution in [0.25, 0.3) is 10.6 Å². The summed E-state index contributed by atoms with van der Waals surface area (Å²) in [5.74, 6) is 0. The number of aromatic amines is 1. The Kier molecular flexibility index (Phi) is 4.16. The molecule has 2 heterocycles. The van der Waals surface area contributed by atoms with E-state index in [1.165, 1.54) is 4.88 Å². The van der Waals surface area contributed by atoms with Gasteiger partial charge in [0.2, 0.25) is 0 Å². The standard InChI is InChI=1S/C13H19N3OS/c1-13(2,9-17)8-14-6-10-7-15-16-12(10)11-4-3-5-18-11/h3-5,7,14,17H,6,8-9H2,1-2H3,(H,15,16). The summed E-state index contributed by atoms with van der Waals surface area (Å²) >= 11 is 1.70. The molecule has 0 fully saturated rings. The molecule has 0 aromatic carbocycles. The lowest BCUT2D eigenvalue weighted by Gasteiger charge is -2.21. The van der Waals surface area contributed by atoms with Crippen molar-refractivity contribution in [1.29, 1.82) is 0 Å². The maximum Gasteiger partial charge on any atom is 0.0794 e. The summed E-state index contributed by atoms with van der Waals surface area (Å²) in [6, 6.07) is 4.12. The van der Waals surface area contributed by atoms with E-state index in [1.54, 1.807) is 11.3 Å². The van der Waals surface area contributed by atoms with E-state index < -0.39 is 0 Å². The third-order valence-corrected chi connectivity index (χ3v) is 3.72. The highest BCUT2D eigenvalue weighted by molar-refractivity contribution is 7.13. The molecule has 0 atom stereocenters. The van der Waals surface area contributed by atoms with Crippen LogP contribution in [0.5, 0.6) is 0 Å². The molecule has 0 aliphatic heterocycles. The predicted octanol–water partition coefficient (Wildman–Crippen LogP) is 2.25. The Morgan fingerprint density at radius 2 is 2.33 bits per heavy atom. The van der Waals surface area contributed by atoms with Crippen LogP contribution in [0.2, 0.25) is 0 Å². The minimum absolute atomic E-state index is 0.0904. The number of rotatable bonds is 6. The van der Waals surface area contributed by atoms with E-state index in [1.807, 2.05) is 26.1 Å². The van der Waals surface area contributed by atoms with Crippen molar-refractivity contribution in [2.45, 2.75) is 20.4 Å². The third kappa shape index (κ3) is 3.19. The maximum absolute atomic E-state index is 9.20. The van der Waals surface area contributed by atoms with E-state index in [0.29, 0.717) is 0 Å². The van der Waals surface area contributed by atoms with E-state index in [0.717, 1.165) is 24.3 Å². The Morgan fingerprint density at radius 3 is 3.00 bits per heavy atom. The van der Waals surface area contributed by atoms with Gasteiger partial charge in [0.25, 0.3) is 0 Å². The molecule has 0 radical (unpaired) electrons. The summed E-state index contributed by atoms with van der Waals surface area (Å²) in [6.07, 6.45) is 1.86. The number of hydrogen-bond acceptors (Lipinski definition) is 4. The summed E-state index contributed by atoms with van der Waals surface area (Å²) < 4.78 is 0. The molecule has 0 aliphatic carbocycles. The largest absolute Gasteiger partial charge is 0.396 e. The number of aromatic nitrogens is 2. The topological polar surface area (TPSA) is 60.9 Å². The van der Waals surface area contributed by atoms with Gasteiger partial charge >= 0.3 is 0 Å². The number of aliphatic hydroxyl groups is 1. The van der Waals surface area contributed by atoms with Gasteiger partial charge in [-0.3, -0.25) is 5.10 Å². The first-order valence-electron chi connectivity index (χ1n) is 6.00. The summed E-state index contributed by atoms with van der Waals surface area (Å²) in [5, 5.41) is 21.8. The van der Waals surface area contributed by atoms with Gasteiger partial charge in [0.15, 0.2) is 0 Å². The van der Waals surface area contributed by atoms with Crippen LogP contribution < -0.4 is 5.32 Å². The smallest absolute Gasteiger partial charge is 0.0794 e. The Bertz CT molecular complexity index is 476. The Morgan fingerprint density at radius 1 is 1.50 bits per heavy atom. The van der Waals surface area contributed by atoms with Gasteiger partial charge in [-0.2, -0.15) is 5.10 Å². The zero-order valence-corrected chi connectivity index (χ0v) is 11.5. The summed E-state index contributed by atoms with van der Waals surface area (Å²) in [6.45, 7) is 5.79. The van der Waals surface area contributed by atoms with Gasteiger partial charge < -0.3 is 10.4 Å². The Labute approximate surface area is 111 Å². The first kappa shape index (κ1) is 13.3. The number of nitrogens with zero attached hydrogens (tertiary/aromatic N) is 1. The van der Waals surface area contributed by atoms with Gasteiger partial charge in [-0.05, 0) is 11.4 Å². The fourth-order valence-corrected chi connectivity index (χ4v) is 2.43. The molecule has 0 spiro atoms. The molecule has 0 unspecified atom stereocenters. The van der Waals surface area contributed by atoms with Gasteiger partial charge in [-0.1, -0.05) is 19.9 Å². The molecule has 2 aromatic heterocycles. The molecular weight excluding hydrogens is 246 g/mol. The third-order valence-electron chi connectivity index (χ3n) is 2.83. The predicted molar refractivity (Wildman–Crippen MR) is 74.5 cm³/mol. The quantitative estimate of drug-likeness (QED) is 0.750. The van der Waals surface area contributed by atoms with Gasteiger partial charge in [0, 0.05) is 30.7 Å². The van der Waals surface area contributed by atoms with Crippen molar-refractivity contribution < 1.29 is 5.11 Å². The molecule has 18 heavy (non-hydrogen) atoms. The molecular formula is C13H19N3OS. The van der Waals surface area contributed by atoms with Crippen molar-refractivity contribution in [2.24, 2.45) is 5.41 Å². The van der Waals surface area contributed by atoms with Gasteiger partial charge in [0.05, 0.1) is 16.8 Å². The zero-order chi connectivity index (χ0) is 13.0. The fourth-order valence-electron chi connectivity index (χ4n) is 1.67. The molecule has 0 amide bonds. The van der Waals surface area contributed by atoms with E-state index >= 15 is 0 Å². The van der Waals surface area contributed by atoms with E-state index in [9.17, 15) is 5.11 Å². The van der Waals surface area contributed by atoms with Crippen LogP contribution in [0.4, 0.5) is 0 Å². The fraction of sp³-hybridized carbons (Fsp3) is 0.462. The summed E-state index contributed by atoms with van der Waals surface area (Å²) in [4.78, 5) is 1.20. The second-order valence-corrected chi connectivity index (χ2v) is 6.12. The highest BCUT2D eigenvalue weighted by Crippen LogP contribution is 2.25. The van der Waals surface area contributed by atoms with Crippen LogP contribution in [0.15, 0.2) is 23.7 Å². The monoisotopic (exact) mass is 265 g/mol. The maximum atomic E-state index is 9.20. The van der Waals surface area contributed by atoms with E-state index in [-0.39, 0.29) is 12.0 Å². The first-order valence-corrected chi connectivity index (χ1v) is 6.88. The second kappa shape index (κ2) is 5.65. The van der Waals surface area contributed by atoms with Crippen molar-refractivity contribution >= 4 is 11.3 Å². The Hall–Kier alpha value is -1.17. The minimum Gasteiger partial charge on any atom is -0.396 e. The van der Waals surface area contributed by atoms with E-state index in [4.69, 9.17) is 0 Å². The molecule has 4 nitrogen and oxygen atoms in total. The average Bonchev–Trinajstić information content (AvgIpc) is 2.98. The molecule has 2 rings (SSSR count). The molecule has 2 aromatic rings. The van der Waals surface area contributed by atoms with Crippen molar-refractivity contribution in [3.05, 3.63) is 29.3 Å². The van der Waals surface area contributed by atoms with Crippen LogP contribution in [-0.2, 0) is 6.54 Å². The molecule has 5 heteroatoms. The lowest BCUT2D eigenvalue weighted by Crippen LogP contribution is -2.31. The number of thiophene rings is 1. The zero-order valence-electron chi connectivity index (χ0n) is 10.7. The lowest BCUT2D eigenvalue weighted by molar-refractivity contribution is 0.156. The SMILES string of the molecule is CC(C)(CO)CNCc1cn[nH]c1-c1cccs1. The highest BCUT2D eigenvalue weighted by atomic mass is 32.1. The molecule has 0 saturated carbocycles. The van der Waals surface area contributed by atoms with Crippen LogP contribution in [0.1, 0.15) is 19.4 Å². The van der Waals surface area contributed by atoms with Crippen molar-refractivity contribution in [3.63, 3.8) is 0 Å². The Balaban J connectivity index is 1.97.